The van der Waals surface area contributed by atoms with Crippen molar-refractivity contribution in [2.24, 2.45) is 0 Å². The third-order valence-corrected chi connectivity index (χ3v) is 4.95. The molecule has 1 aliphatic heterocycles. The zero-order valence-corrected chi connectivity index (χ0v) is 12.6. The van der Waals surface area contributed by atoms with Crippen LogP contribution in [-0.2, 0) is 6.42 Å². The van der Waals surface area contributed by atoms with Gasteiger partial charge in [0.05, 0.1) is 16.8 Å². The van der Waals surface area contributed by atoms with Crippen LogP contribution in [0.15, 0.2) is 29.2 Å². The van der Waals surface area contributed by atoms with Gasteiger partial charge in [-0.1, -0.05) is 23.7 Å². The molecule has 0 radical (unpaired) electrons. The summed E-state index contributed by atoms with van der Waals surface area (Å²) in [6.07, 6.45) is 0.805. The largest absolute Gasteiger partial charge is 0.397 e. The Labute approximate surface area is 131 Å². The molecule has 0 amide bonds. The average Bonchev–Trinajstić information content (AvgIpc) is 2.96. The highest BCUT2D eigenvalue weighted by molar-refractivity contribution is 7.99. The molecule has 2 N–H and O–H groups in total. The monoisotopic (exact) mass is 311 g/mol. The number of nitriles is 2. The van der Waals surface area contributed by atoms with Crippen molar-refractivity contribution in [1.29, 1.82) is 10.5 Å². The first-order valence-electron chi connectivity index (χ1n) is 6.34. The summed E-state index contributed by atoms with van der Waals surface area (Å²) in [7, 11) is 0. The van der Waals surface area contributed by atoms with E-state index in [1.54, 1.807) is 23.9 Å². The lowest BCUT2D eigenvalue weighted by atomic mass is 9.91. The van der Waals surface area contributed by atoms with Gasteiger partial charge in [-0.2, -0.15) is 10.5 Å². The molecule has 102 valence electrons. The molecule has 0 saturated carbocycles. The summed E-state index contributed by atoms with van der Waals surface area (Å²) in [5.74, 6) is 0.902. The SMILES string of the molecule is N#Cc1c(N)c(C#N)c(-c2ccc(Cl)cc2)c2c1CCS2. The predicted molar refractivity (Wildman–Crippen MR) is 85.2 cm³/mol. The molecule has 0 bridgehead atoms. The van der Waals surface area contributed by atoms with E-state index in [0.717, 1.165) is 33.8 Å². The Morgan fingerprint density at radius 2 is 1.76 bits per heavy atom. The van der Waals surface area contributed by atoms with E-state index in [-0.39, 0.29) is 5.69 Å². The van der Waals surface area contributed by atoms with Gasteiger partial charge < -0.3 is 5.73 Å². The Morgan fingerprint density at radius 3 is 2.38 bits per heavy atom. The van der Waals surface area contributed by atoms with Gasteiger partial charge in [-0.3, -0.25) is 0 Å². The van der Waals surface area contributed by atoms with E-state index >= 15 is 0 Å². The number of benzene rings is 2. The Morgan fingerprint density at radius 1 is 1.10 bits per heavy atom. The van der Waals surface area contributed by atoms with Gasteiger partial charge in [-0.05, 0) is 29.7 Å². The number of hydrogen-bond donors (Lipinski definition) is 1. The number of thioether (sulfide) groups is 1. The first kappa shape index (κ1) is 13.8. The van der Waals surface area contributed by atoms with Crippen LogP contribution in [0.1, 0.15) is 16.7 Å². The van der Waals surface area contributed by atoms with E-state index < -0.39 is 0 Å². The number of fused-ring (bicyclic) bond motifs is 1. The van der Waals surface area contributed by atoms with Crippen molar-refractivity contribution >= 4 is 29.1 Å². The highest BCUT2D eigenvalue weighted by Crippen LogP contribution is 2.46. The minimum Gasteiger partial charge on any atom is -0.397 e. The number of halogens is 1. The molecule has 0 spiro atoms. The van der Waals surface area contributed by atoms with Gasteiger partial charge in [0.15, 0.2) is 0 Å². The van der Waals surface area contributed by atoms with Crippen molar-refractivity contribution in [3.05, 3.63) is 46.0 Å². The van der Waals surface area contributed by atoms with Crippen molar-refractivity contribution in [2.75, 3.05) is 11.5 Å². The minimum absolute atomic E-state index is 0.284. The second-order valence-corrected chi connectivity index (χ2v) is 6.22. The van der Waals surface area contributed by atoms with Crippen molar-refractivity contribution in [2.45, 2.75) is 11.3 Å². The van der Waals surface area contributed by atoms with Crippen LogP contribution in [0.5, 0.6) is 0 Å². The van der Waals surface area contributed by atoms with Gasteiger partial charge in [0.1, 0.15) is 12.1 Å². The van der Waals surface area contributed by atoms with Crippen LogP contribution in [0.4, 0.5) is 5.69 Å². The van der Waals surface area contributed by atoms with E-state index in [1.165, 1.54) is 0 Å². The highest BCUT2D eigenvalue weighted by Gasteiger charge is 2.26. The topological polar surface area (TPSA) is 73.6 Å². The molecule has 2 aromatic rings. The van der Waals surface area contributed by atoms with Gasteiger partial charge in [0.25, 0.3) is 0 Å². The van der Waals surface area contributed by atoms with Gasteiger partial charge in [0.2, 0.25) is 0 Å². The summed E-state index contributed by atoms with van der Waals surface area (Å²) < 4.78 is 0. The second-order valence-electron chi connectivity index (χ2n) is 4.68. The Bertz CT molecular complexity index is 810. The number of hydrogen-bond acceptors (Lipinski definition) is 4. The van der Waals surface area contributed by atoms with Crippen molar-refractivity contribution in [3.63, 3.8) is 0 Å². The molecule has 5 heteroatoms. The normalized spacial score (nSPS) is 12.5. The minimum atomic E-state index is 0.284. The van der Waals surface area contributed by atoms with Crippen LogP contribution in [0.2, 0.25) is 5.02 Å². The number of rotatable bonds is 1. The number of nitrogens with zero attached hydrogens (tertiary/aromatic N) is 2. The molecule has 0 saturated heterocycles. The lowest BCUT2D eigenvalue weighted by molar-refractivity contribution is 1.13. The highest BCUT2D eigenvalue weighted by atomic mass is 35.5. The maximum atomic E-state index is 9.49. The summed E-state index contributed by atoms with van der Waals surface area (Å²) in [4.78, 5) is 1.000. The fourth-order valence-electron chi connectivity index (χ4n) is 2.59. The van der Waals surface area contributed by atoms with Crippen molar-refractivity contribution in [3.8, 4) is 23.3 Å². The maximum absolute atomic E-state index is 9.49. The first-order chi connectivity index (χ1) is 10.2. The molecule has 0 atom stereocenters. The summed E-state index contributed by atoms with van der Waals surface area (Å²) in [6, 6.07) is 11.6. The third kappa shape index (κ3) is 2.14. The third-order valence-electron chi connectivity index (χ3n) is 3.55. The molecule has 0 aliphatic carbocycles. The zero-order valence-electron chi connectivity index (χ0n) is 11.0. The fourth-order valence-corrected chi connectivity index (χ4v) is 3.97. The molecule has 0 aromatic heterocycles. The molecule has 3 rings (SSSR count). The quantitative estimate of drug-likeness (QED) is 0.808. The van der Waals surface area contributed by atoms with Gasteiger partial charge in [-0.15, -0.1) is 11.8 Å². The molecular formula is C16H10ClN3S. The zero-order chi connectivity index (χ0) is 15.0. The molecule has 2 aromatic carbocycles. The molecular weight excluding hydrogens is 302 g/mol. The van der Waals surface area contributed by atoms with Crippen LogP contribution in [-0.4, -0.2) is 5.75 Å². The lowest BCUT2D eigenvalue weighted by Crippen LogP contribution is -2.03. The van der Waals surface area contributed by atoms with E-state index in [1.807, 2.05) is 12.1 Å². The van der Waals surface area contributed by atoms with Crippen LogP contribution in [0.3, 0.4) is 0 Å². The van der Waals surface area contributed by atoms with Gasteiger partial charge >= 0.3 is 0 Å². The molecule has 0 fully saturated rings. The van der Waals surface area contributed by atoms with Gasteiger partial charge in [-0.25, -0.2) is 0 Å². The van der Waals surface area contributed by atoms with E-state index in [0.29, 0.717) is 16.1 Å². The van der Waals surface area contributed by atoms with E-state index in [2.05, 4.69) is 12.1 Å². The Balaban J connectivity index is 2.38. The molecule has 1 aliphatic rings. The standard InChI is InChI=1S/C16H10ClN3S/c17-10-3-1-9(2-4-10)14-13(8-19)15(20)12(7-18)11-5-6-21-16(11)14/h1-4H,5-6,20H2. The van der Waals surface area contributed by atoms with E-state index in [9.17, 15) is 10.5 Å². The fraction of sp³-hybridized carbons (Fsp3) is 0.125. The predicted octanol–water partition coefficient (Wildman–Crippen LogP) is 3.98. The summed E-state index contributed by atoms with van der Waals surface area (Å²) >= 11 is 7.60. The lowest BCUT2D eigenvalue weighted by Gasteiger charge is -2.15. The van der Waals surface area contributed by atoms with Crippen LogP contribution >= 0.6 is 23.4 Å². The maximum Gasteiger partial charge on any atom is 0.102 e. The van der Waals surface area contributed by atoms with Crippen LogP contribution in [0, 0.1) is 22.7 Å². The number of anilines is 1. The van der Waals surface area contributed by atoms with Gasteiger partial charge in [0, 0.05) is 21.2 Å². The summed E-state index contributed by atoms with van der Waals surface area (Å²) in [5.41, 5.74) is 9.86. The molecule has 3 nitrogen and oxygen atoms in total. The summed E-state index contributed by atoms with van der Waals surface area (Å²) in [5, 5.41) is 19.5. The average molecular weight is 312 g/mol. The molecule has 0 unspecified atom stereocenters. The van der Waals surface area contributed by atoms with E-state index in [4.69, 9.17) is 17.3 Å². The Hall–Kier alpha value is -2.14. The van der Waals surface area contributed by atoms with Crippen molar-refractivity contribution in [1.82, 2.24) is 0 Å². The van der Waals surface area contributed by atoms with Crippen LogP contribution in [0.25, 0.3) is 11.1 Å². The second kappa shape index (κ2) is 5.33. The number of nitrogens with two attached hydrogens (primary N) is 1. The number of nitrogen functional groups attached to an aromatic ring is 1. The summed E-state index contributed by atoms with van der Waals surface area (Å²) in [6.45, 7) is 0. The van der Waals surface area contributed by atoms with Crippen LogP contribution < -0.4 is 5.73 Å². The van der Waals surface area contributed by atoms with Crippen molar-refractivity contribution < 1.29 is 0 Å². The Kier molecular flexibility index (Phi) is 3.51. The molecule has 21 heavy (non-hydrogen) atoms. The first-order valence-corrected chi connectivity index (χ1v) is 7.71. The smallest absolute Gasteiger partial charge is 0.102 e. The molecule has 1 heterocycles.